The van der Waals surface area contributed by atoms with Gasteiger partial charge in [-0.25, -0.2) is 0 Å². The van der Waals surface area contributed by atoms with Crippen molar-refractivity contribution < 1.29 is 22.7 Å². The Labute approximate surface area is 308 Å². The van der Waals surface area contributed by atoms with Gasteiger partial charge >= 0.3 is 6.18 Å². The van der Waals surface area contributed by atoms with E-state index in [4.69, 9.17) is 4.74 Å². The van der Waals surface area contributed by atoms with Gasteiger partial charge in [0.25, 0.3) is 5.82 Å². The van der Waals surface area contributed by atoms with Gasteiger partial charge < -0.3 is 9.64 Å². The van der Waals surface area contributed by atoms with Gasteiger partial charge in [-0.05, 0) is 39.8 Å². The number of fused-ring (bicyclic) bond motifs is 1. The molecule has 3 heterocycles. The van der Waals surface area contributed by atoms with E-state index in [1.807, 2.05) is 12.1 Å². The van der Waals surface area contributed by atoms with Crippen molar-refractivity contribution in [3.63, 3.8) is 0 Å². The van der Waals surface area contributed by atoms with E-state index in [-0.39, 0.29) is 66.8 Å². The molecule has 4 aromatic rings. The second-order valence-corrected chi connectivity index (χ2v) is 12.4. The van der Waals surface area contributed by atoms with Crippen molar-refractivity contribution in [1.82, 2.24) is 39.8 Å². The molecule has 2 saturated heterocycles. The third-order valence-electron chi connectivity index (χ3n) is 9.14. The van der Waals surface area contributed by atoms with Crippen molar-refractivity contribution in [3.8, 4) is 11.4 Å². The molecule has 0 saturated carbocycles. The lowest BCUT2D eigenvalue weighted by Gasteiger charge is -2.53. The van der Waals surface area contributed by atoms with E-state index in [9.17, 15) is 18.0 Å². The fourth-order valence-corrected chi connectivity index (χ4v) is 6.93. The number of benzene rings is 3. The van der Waals surface area contributed by atoms with Crippen molar-refractivity contribution in [2.45, 2.75) is 30.7 Å². The van der Waals surface area contributed by atoms with E-state index in [0.29, 0.717) is 36.6 Å². The van der Waals surface area contributed by atoms with Crippen LogP contribution in [0.1, 0.15) is 28.4 Å². The minimum atomic E-state index is -4.71. The van der Waals surface area contributed by atoms with Crippen molar-refractivity contribution in [1.29, 1.82) is 0 Å². The molecular weight excluding hydrogens is 716 g/mol. The predicted octanol–water partition coefficient (Wildman–Crippen LogP) is 5.05. The SMILES string of the molecule is COc1ccc(-n2nnnc2C(F)(F)F)cc1CN1C[C@H]2CN(CC(=O)N(C)C)CCN2[C@H](C(c2ccccc2)c2ccccc2)C1.Cl.Cl.Cl. The maximum absolute atomic E-state index is 13.7. The summed E-state index contributed by atoms with van der Waals surface area (Å²) in [6, 6.07) is 26.1. The fraction of sp³-hybridized carbons (Fsp3) is 0.412. The summed E-state index contributed by atoms with van der Waals surface area (Å²) in [5, 5.41) is 10.1. The summed E-state index contributed by atoms with van der Waals surface area (Å²) >= 11 is 0. The Morgan fingerprint density at radius 2 is 1.52 bits per heavy atom. The zero-order chi connectivity index (χ0) is 33.1. The third kappa shape index (κ3) is 9.06. The first kappa shape index (κ1) is 41.0. The average molecular weight is 758 g/mol. The monoisotopic (exact) mass is 756 g/mol. The number of alkyl halides is 3. The lowest BCUT2D eigenvalue weighted by molar-refractivity contribution is -0.146. The van der Waals surface area contributed by atoms with E-state index in [1.54, 1.807) is 38.2 Å². The largest absolute Gasteiger partial charge is 0.496 e. The van der Waals surface area contributed by atoms with Crippen molar-refractivity contribution >= 4 is 43.1 Å². The predicted molar refractivity (Wildman–Crippen MR) is 192 cm³/mol. The molecule has 10 nitrogen and oxygen atoms in total. The summed E-state index contributed by atoms with van der Waals surface area (Å²) in [4.78, 5) is 21.5. The van der Waals surface area contributed by atoms with Gasteiger partial charge in [-0.3, -0.25) is 19.5 Å². The van der Waals surface area contributed by atoms with Gasteiger partial charge in [-0.1, -0.05) is 60.7 Å². The second-order valence-electron chi connectivity index (χ2n) is 12.4. The Bertz CT molecular complexity index is 1630. The molecule has 0 spiro atoms. The highest BCUT2D eigenvalue weighted by molar-refractivity contribution is 5.86. The summed E-state index contributed by atoms with van der Waals surface area (Å²) < 4.78 is 47.4. The number of carbonyl (C=O) groups is 1. The number of tetrazole rings is 1. The lowest BCUT2D eigenvalue weighted by Crippen LogP contribution is -2.67. The minimum absolute atomic E-state index is 0. The standard InChI is InChI=1S/C34H39F3N8O2.3ClH/c1-41(2)31(46)23-42-16-17-44-28(20-42)21-43(22-29(44)32(24-10-6-4-7-11-24)25-12-8-5-9-13-25)19-26-18-27(14-15-30(26)47-3)45-33(34(35,36)37)38-39-40-45;;;/h4-15,18,28-29,32H,16-17,19-23H2,1-3H3;3*1H/t28-,29+;;;/m1.../s1. The molecule has 2 fully saturated rings. The molecule has 272 valence electrons. The quantitative estimate of drug-likeness (QED) is 0.235. The molecule has 0 bridgehead atoms. The molecule has 2 atom stereocenters. The van der Waals surface area contributed by atoms with Crippen LogP contribution in [-0.2, 0) is 17.5 Å². The highest BCUT2D eigenvalue weighted by atomic mass is 35.5. The number of piperazine rings is 2. The van der Waals surface area contributed by atoms with Gasteiger partial charge in [0.2, 0.25) is 5.91 Å². The lowest BCUT2D eigenvalue weighted by atomic mass is 9.81. The zero-order valence-electron chi connectivity index (χ0n) is 27.9. The maximum atomic E-state index is 13.7. The zero-order valence-corrected chi connectivity index (χ0v) is 30.4. The molecule has 50 heavy (non-hydrogen) atoms. The van der Waals surface area contributed by atoms with E-state index in [0.717, 1.165) is 25.2 Å². The van der Waals surface area contributed by atoms with Crippen LogP contribution in [0.3, 0.4) is 0 Å². The van der Waals surface area contributed by atoms with Crippen LogP contribution in [0, 0.1) is 0 Å². The summed E-state index contributed by atoms with van der Waals surface area (Å²) in [5.74, 6) is -0.484. The number of amides is 1. The van der Waals surface area contributed by atoms with Gasteiger partial charge in [-0.2, -0.15) is 17.9 Å². The first-order chi connectivity index (χ1) is 22.6. The number of likely N-dealkylation sites (N-methyl/N-ethyl adjacent to an activating group) is 1. The van der Waals surface area contributed by atoms with E-state index >= 15 is 0 Å². The van der Waals surface area contributed by atoms with Crippen LogP contribution in [0.5, 0.6) is 5.75 Å². The van der Waals surface area contributed by atoms with Crippen LogP contribution in [-0.4, -0.2) is 118 Å². The van der Waals surface area contributed by atoms with Crippen LogP contribution < -0.4 is 4.74 Å². The number of rotatable bonds is 9. The molecule has 2 aliphatic rings. The van der Waals surface area contributed by atoms with E-state index in [2.05, 4.69) is 78.8 Å². The smallest absolute Gasteiger partial charge is 0.453 e. The Morgan fingerprint density at radius 1 is 0.900 bits per heavy atom. The Balaban J connectivity index is 0.00000225. The number of aromatic nitrogens is 4. The van der Waals surface area contributed by atoms with Gasteiger partial charge in [0.15, 0.2) is 0 Å². The summed E-state index contributed by atoms with van der Waals surface area (Å²) in [6.07, 6.45) is -4.71. The van der Waals surface area contributed by atoms with Gasteiger partial charge in [0, 0.05) is 76.9 Å². The minimum Gasteiger partial charge on any atom is -0.496 e. The average Bonchev–Trinajstić information content (AvgIpc) is 3.57. The summed E-state index contributed by atoms with van der Waals surface area (Å²) in [6.45, 7) is 4.55. The number of halogens is 6. The molecule has 0 unspecified atom stereocenters. The molecule has 0 aliphatic carbocycles. The summed E-state index contributed by atoms with van der Waals surface area (Å²) in [7, 11) is 5.10. The first-order valence-electron chi connectivity index (χ1n) is 15.7. The number of hydrogen-bond acceptors (Lipinski definition) is 8. The van der Waals surface area contributed by atoms with Crippen LogP contribution in [0.4, 0.5) is 13.2 Å². The molecule has 6 rings (SSSR count). The molecule has 2 aliphatic heterocycles. The number of methoxy groups -OCH3 is 1. The van der Waals surface area contributed by atoms with Gasteiger partial charge in [-0.15, -0.1) is 42.3 Å². The third-order valence-corrected chi connectivity index (χ3v) is 9.14. The van der Waals surface area contributed by atoms with Gasteiger partial charge in [0.1, 0.15) is 5.75 Å². The molecule has 1 aromatic heterocycles. The molecule has 1 amide bonds. The first-order valence-corrected chi connectivity index (χ1v) is 15.7. The van der Waals surface area contributed by atoms with Crippen LogP contribution in [0.15, 0.2) is 78.9 Å². The number of nitrogens with zero attached hydrogens (tertiary/aromatic N) is 8. The number of hydrogen-bond donors (Lipinski definition) is 0. The highest BCUT2D eigenvalue weighted by Gasteiger charge is 2.43. The Morgan fingerprint density at radius 3 is 2.10 bits per heavy atom. The molecular formula is C34H42Cl3F3N8O2. The Kier molecular flexibility index (Phi) is 14.5. The van der Waals surface area contributed by atoms with Gasteiger partial charge in [0.05, 0.1) is 19.3 Å². The number of ether oxygens (including phenoxy) is 1. The second kappa shape index (κ2) is 17.7. The summed E-state index contributed by atoms with van der Waals surface area (Å²) in [5.41, 5.74) is 3.36. The fourth-order valence-electron chi connectivity index (χ4n) is 6.93. The van der Waals surface area contributed by atoms with Crippen LogP contribution in [0.25, 0.3) is 5.69 Å². The van der Waals surface area contributed by atoms with Crippen molar-refractivity contribution in [2.75, 3.05) is 60.5 Å². The van der Waals surface area contributed by atoms with Crippen LogP contribution >= 0.6 is 37.2 Å². The van der Waals surface area contributed by atoms with E-state index in [1.165, 1.54) is 17.2 Å². The Hall–Kier alpha value is -3.46. The molecule has 3 aromatic carbocycles. The number of carbonyl (C=O) groups excluding carboxylic acids is 1. The molecule has 16 heteroatoms. The van der Waals surface area contributed by atoms with Crippen molar-refractivity contribution in [2.24, 2.45) is 0 Å². The topological polar surface area (TPSA) is 82.9 Å². The van der Waals surface area contributed by atoms with Crippen molar-refractivity contribution in [3.05, 3.63) is 101 Å². The molecule has 0 N–H and O–H groups in total. The maximum Gasteiger partial charge on any atom is 0.453 e. The van der Waals surface area contributed by atoms with E-state index < -0.39 is 12.0 Å². The molecule has 0 radical (unpaired) electrons. The normalized spacial score (nSPS) is 18.3. The van der Waals surface area contributed by atoms with Crippen LogP contribution in [0.2, 0.25) is 0 Å². The highest BCUT2D eigenvalue weighted by Crippen LogP contribution is 2.37.